The van der Waals surface area contributed by atoms with E-state index in [-0.39, 0.29) is 5.60 Å². The van der Waals surface area contributed by atoms with Crippen molar-refractivity contribution in [3.05, 3.63) is 11.8 Å². The lowest BCUT2D eigenvalue weighted by Crippen LogP contribution is -2.39. The van der Waals surface area contributed by atoms with Crippen LogP contribution in [-0.2, 0) is 9.47 Å². The molecule has 1 aliphatic rings. The quantitative estimate of drug-likeness (QED) is 0.645. The highest BCUT2D eigenvalue weighted by Gasteiger charge is 2.31. The molecule has 2 heteroatoms. The fraction of sp³-hybridized carbons (Fsp3) is 0.833. The van der Waals surface area contributed by atoms with Gasteiger partial charge in [-0.2, -0.15) is 0 Å². The Hall–Kier alpha value is -0.500. The second-order valence-corrected chi connectivity index (χ2v) is 4.35. The minimum absolute atomic E-state index is 0.00972. The highest BCUT2D eigenvalue weighted by molar-refractivity contribution is 4.88. The number of rotatable bonds is 4. The molecule has 0 amide bonds. The molecule has 0 aromatic carbocycles. The van der Waals surface area contributed by atoms with Crippen LogP contribution in [0.1, 0.15) is 46.5 Å². The molecule has 1 rings (SSSR count). The summed E-state index contributed by atoms with van der Waals surface area (Å²) in [4.78, 5) is 0. The molecule has 0 spiro atoms. The first kappa shape index (κ1) is 11.6. The van der Waals surface area contributed by atoms with Crippen LogP contribution in [0, 0.1) is 0 Å². The molecule has 0 bridgehead atoms. The van der Waals surface area contributed by atoms with Crippen molar-refractivity contribution in [2.75, 3.05) is 13.2 Å². The van der Waals surface area contributed by atoms with Crippen molar-refractivity contribution >= 4 is 0 Å². The van der Waals surface area contributed by atoms with E-state index in [1.807, 2.05) is 20.1 Å². The van der Waals surface area contributed by atoms with Gasteiger partial charge in [0.1, 0.15) is 12.2 Å². The molecular weight excluding hydrogens is 176 g/mol. The van der Waals surface area contributed by atoms with E-state index < -0.39 is 0 Å². The number of hydrogen-bond acceptors (Lipinski definition) is 2. The van der Waals surface area contributed by atoms with Gasteiger partial charge in [-0.3, -0.25) is 0 Å². The lowest BCUT2D eigenvalue weighted by atomic mass is 9.92. The molecule has 0 N–H and O–H groups in total. The molecule has 14 heavy (non-hydrogen) atoms. The van der Waals surface area contributed by atoms with Gasteiger partial charge in [-0.05, 0) is 45.1 Å². The Morgan fingerprint density at radius 3 is 2.71 bits per heavy atom. The maximum Gasteiger partial charge on any atom is 0.116 e. The Bertz CT molecular complexity index is 186. The fourth-order valence-electron chi connectivity index (χ4n) is 1.77. The van der Waals surface area contributed by atoms with Crippen LogP contribution in [0.15, 0.2) is 11.8 Å². The summed E-state index contributed by atoms with van der Waals surface area (Å²) in [6, 6.07) is 0. The first-order valence-electron chi connectivity index (χ1n) is 5.57. The van der Waals surface area contributed by atoms with E-state index in [4.69, 9.17) is 9.47 Å². The summed E-state index contributed by atoms with van der Waals surface area (Å²) in [6.07, 6.45) is 6.48. The summed E-state index contributed by atoms with van der Waals surface area (Å²) < 4.78 is 11.4. The molecule has 0 aliphatic carbocycles. The summed E-state index contributed by atoms with van der Waals surface area (Å²) in [6.45, 7) is 7.86. The largest absolute Gasteiger partial charge is 0.498 e. The maximum atomic E-state index is 5.84. The molecular formula is C12H22O2. The normalized spacial score (nSPS) is 27.1. The van der Waals surface area contributed by atoms with Crippen LogP contribution in [0.4, 0.5) is 0 Å². The Balaban J connectivity index is 2.40. The van der Waals surface area contributed by atoms with Gasteiger partial charge in [0.2, 0.25) is 0 Å². The molecule has 1 fully saturated rings. The zero-order valence-corrected chi connectivity index (χ0v) is 9.64. The lowest BCUT2D eigenvalue weighted by molar-refractivity contribution is -0.111. The third-order valence-electron chi connectivity index (χ3n) is 2.74. The standard InChI is InChI=1S/C12H22O2/c1-4-12(7-5-6-8-14-12)10-13-9-11(2)3/h9H,4-8,10H2,1-3H3. The van der Waals surface area contributed by atoms with E-state index in [0.717, 1.165) is 19.4 Å². The van der Waals surface area contributed by atoms with Crippen LogP contribution in [-0.4, -0.2) is 18.8 Å². The smallest absolute Gasteiger partial charge is 0.116 e. The van der Waals surface area contributed by atoms with Crippen LogP contribution in [0.25, 0.3) is 0 Å². The second-order valence-electron chi connectivity index (χ2n) is 4.35. The van der Waals surface area contributed by atoms with Crippen molar-refractivity contribution in [3.63, 3.8) is 0 Å². The van der Waals surface area contributed by atoms with E-state index in [0.29, 0.717) is 6.61 Å². The van der Waals surface area contributed by atoms with E-state index in [9.17, 15) is 0 Å². The van der Waals surface area contributed by atoms with Crippen LogP contribution >= 0.6 is 0 Å². The van der Waals surface area contributed by atoms with Crippen LogP contribution in [0.2, 0.25) is 0 Å². The number of ether oxygens (including phenoxy) is 2. The van der Waals surface area contributed by atoms with Crippen molar-refractivity contribution < 1.29 is 9.47 Å². The molecule has 1 aliphatic heterocycles. The Morgan fingerprint density at radius 1 is 1.43 bits per heavy atom. The predicted molar refractivity (Wildman–Crippen MR) is 58.2 cm³/mol. The van der Waals surface area contributed by atoms with Crippen LogP contribution < -0.4 is 0 Å². The van der Waals surface area contributed by atoms with E-state index >= 15 is 0 Å². The lowest BCUT2D eigenvalue weighted by Gasteiger charge is -2.35. The van der Waals surface area contributed by atoms with Gasteiger partial charge in [0, 0.05) is 6.61 Å². The van der Waals surface area contributed by atoms with Crippen molar-refractivity contribution in [3.8, 4) is 0 Å². The fourth-order valence-corrected chi connectivity index (χ4v) is 1.77. The monoisotopic (exact) mass is 198 g/mol. The van der Waals surface area contributed by atoms with Gasteiger partial charge in [-0.15, -0.1) is 0 Å². The zero-order valence-electron chi connectivity index (χ0n) is 9.64. The average Bonchev–Trinajstić information content (AvgIpc) is 2.19. The van der Waals surface area contributed by atoms with Gasteiger partial charge in [0.25, 0.3) is 0 Å². The zero-order chi connectivity index (χ0) is 10.4. The van der Waals surface area contributed by atoms with E-state index in [2.05, 4.69) is 6.92 Å². The molecule has 0 radical (unpaired) electrons. The average molecular weight is 198 g/mol. The molecule has 0 saturated carbocycles. The minimum Gasteiger partial charge on any atom is -0.498 e. The van der Waals surface area contributed by atoms with Crippen LogP contribution in [0.3, 0.4) is 0 Å². The second kappa shape index (κ2) is 5.40. The summed E-state index contributed by atoms with van der Waals surface area (Å²) >= 11 is 0. The van der Waals surface area contributed by atoms with Crippen molar-refractivity contribution in [1.29, 1.82) is 0 Å². The Kier molecular flexibility index (Phi) is 4.46. The van der Waals surface area contributed by atoms with Gasteiger partial charge >= 0.3 is 0 Å². The third-order valence-corrected chi connectivity index (χ3v) is 2.74. The number of allylic oxidation sites excluding steroid dienone is 1. The molecule has 2 nitrogen and oxygen atoms in total. The topological polar surface area (TPSA) is 18.5 Å². The van der Waals surface area contributed by atoms with Crippen LogP contribution in [0.5, 0.6) is 0 Å². The third kappa shape index (κ3) is 3.33. The summed E-state index contributed by atoms with van der Waals surface area (Å²) in [5, 5.41) is 0. The Morgan fingerprint density at radius 2 is 2.21 bits per heavy atom. The predicted octanol–water partition coefficient (Wildman–Crippen LogP) is 3.28. The van der Waals surface area contributed by atoms with Gasteiger partial charge in [-0.1, -0.05) is 6.92 Å². The molecule has 1 atom stereocenters. The van der Waals surface area contributed by atoms with Gasteiger partial charge < -0.3 is 9.47 Å². The van der Waals surface area contributed by atoms with Crippen molar-refractivity contribution in [2.45, 2.75) is 52.1 Å². The molecule has 0 aromatic heterocycles. The van der Waals surface area contributed by atoms with Crippen molar-refractivity contribution in [1.82, 2.24) is 0 Å². The van der Waals surface area contributed by atoms with Crippen molar-refractivity contribution in [2.24, 2.45) is 0 Å². The van der Waals surface area contributed by atoms with E-state index in [1.165, 1.54) is 18.4 Å². The maximum absolute atomic E-state index is 5.84. The first-order valence-corrected chi connectivity index (χ1v) is 5.57. The summed E-state index contributed by atoms with van der Waals surface area (Å²) in [5.41, 5.74) is 1.19. The highest BCUT2D eigenvalue weighted by Crippen LogP contribution is 2.28. The van der Waals surface area contributed by atoms with Gasteiger partial charge in [-0.25, -0.2) is 0 Å². The van der Waals surface area contributed by atoms with Gasteiger partial charge in [0.15, 0.2) is 0 Å². The van der Waals surface area contributed by atoms with Gasteiger partial charge in [0.05, 0.1) is 6.26 Å². The van der Waals surface area contributed by atoms with E-state index in [1.54, 1.807) is 0 Å². The SMILES string of the molecule is CCC1(COC=C(C)C)CCCCO1. The molecule has 1 unspecified atom stereocenters. The molecule has 1 saturated heterocycles. The molecule has 0 aromatic rings. The first-order chi connectivity index (χ1) is 6.68. The molecule has 1 heterocycles. The minimum atomic E-state index is -0.00972. The Labute approximate surface area is 87.3 Å². The summed E-state index contributed by atoms with van der Waals surface area (Å²) in [7, 11) is 0. The molecule has 82 valence electrons. The summed E-state index contributed by atoms with van der Waals surface area (Å²) in [5.74, 6) is 0. The highest BCUT2D eigenvalue weighted by atomic mass is 16.5. The number of hydrogen-bond donors (Lipinski definition) is 0.